The molecule has 2 aromatic carbocycles. The van der Waals surface area contributed by atoms with Crippen LogP contribution in [0.15, 0.2) is 71.7 Å². The minimum Gasteiger partial charge on any atom is -0.378 e. The van der Waals surface area contributed by atoms with Gasteiger partial charge >= 0.3 is 0 Å². The van der Waals surface area contributed by atoms with Crippen LogP contribution in [0.5, 0.6) is 0 Å². The Morgan fingerprint density at radius 3 is 2.45 bits per heavy atom. The highest BCUT2D eigenvalue weighted by molar-refractivity contribution is 7.11. The predicted molar refractivity (Wildman–Crippen MR) is 125 cm³/mol. The lowest BCUT2D eigenvalue weighted by Crippen LogP contribution is -2.37. The van der Waals surface area contributed by atoms with E-state index in [1.54, 1.807) is 0 Å². The van der Waals surface area contributed by atoms with Crippen LogP contribution in [0.3, 0.4) is 0 Å². The topological polar surface area (TPSA) is 43.9 Å². The molecule has 0 fully saturated rings. The molecular formula is C25H23N3O2S. The van der Waals surface area contributed by atoms with Crippen molar-refractivity contribution in [3.63, 3.8) is 0 Å². The maximum absolute atomic E-state index is 13.7. The zero-order chi connectivity index (χ0) is 21.5. The van der Waals surface area contributed by atoms with E-state index in [0.29, 0.717) is 30.0 Å². The summed E-state index contributed by atoms with van der Waals surface area (Å²) in [5.41, 5.74) is 5.08. The number of thiophene rings is 1. The number of carbonyl (C=O) groups is 2. The summed E-state index contributed by atoms with van der Waals surface area (Å²) >= 11 is 1.49. The molecule has 0 spiro atoms. The molecule has 0 saturated heterocycles. The lowest BCUT2D eigenvalue weighted by molar-refractivity contribution is -0.120. The highest BCUT2D eigenvalue weighted by atomic mass is 32.1. The standard InChI is InChI=1S/C25H23N3O2S/c1-26(2)19-9-5-10-20(15-19)28-24(29)22(21-11-6-14-31-21)23(25(28)30)27-13-12-17-7-3-4-8-18(17)16-27/h3-11,14-15H,12-13,16H2,1-2H3. The van der Waals surface area contributed by atoms with Gasteiger partial charge in [0.05, 0.1) is 11.3 Å². The molecule has 0 N–H and O–H groups in total. The molecule has 5 rings (SSSR count). The van der Waals surface area contributed by atoms with Gasteiger partial charge in [-0.1, -0.05) is 36.4 Å². The molecule has 0 radical (unpaired) electrons. The van der Waals surface area contributed by atoms with Crippen LogP contribution in [-0.2, 0) is 22.6 Å². The maximum Gasteiger partial charge on any atom is 0.282 e. The fraction of sp³-hybridized carbons (Fsp3) is 0.200. The number of rotatable bonds is 4. The predicted octanol–water partition coefficient (Wildman–Crippen LogP) is 4.16. The van der Waals surface area contributed by atoms with Gasteiger partial charge in [0, 0.05) is 37.7 Å². The minimum atomic E-state index is -0.253. The molecule has 0 saturated carbocycles. The molecule has 2 aliphatic rings. The van der Waals surface area contributed by atoms with Crippen molar-refractivity contribution in [2.45, 2.75) is 13.0 Å². The molecule has 0 atom stereocenters. The van der Waals surface area contributed by atoms with E-state index in [1.165, 1.54) is 27.4 Å². The second kappa shape index (κ2) is 7.71. The number of imide groups is 1. The third-order valence-corrected chi connectivity index (χ3v) is 6.77. The first-order chi connectivity index (χ1) is 15.0. The van der Waals surface area contributed by atoms with Gasteiger partial charge in [0.2, 0.25) is 0 Å². The van der Waals surface area contributed by atoms with Crippen LogP contribution in [0.25, 0.3) is 5.57 Å². The molecule has 0 unspecified atom stereocenters. The van der Waals surface area contributed by atoms with E-state index in [2.05, 4.69) is 23.1 Å². The summed E-state index contributed by atoms with van der Waals surface area (Å²) in [6, 6.07) is 19.7. The van der Waals surface area contributed by atoms with Gasteiger partial charge in [0.15, 0.2) is 0 Å². The Morgan fingerprint density at radius 1 is 0.903 bits per heavy atom. The summed E-state index contributed by atoms with van der Waals surface area (Å²) < 4.78 is 0. The molecule has 5 nitrogen and oxygen atoms in total. The van der Waals surface area contributed by atoms with Gasteiger partial charge < -0.3 is 9.80 Å². The Bertz CT molecular complexity index is 1200. The normalized spacial score (nSPS) is 16.2. The summed E-state index contributed by atoms with van der Waals surface area (Å²) in [7, 11) is 3.89. The van der Waals surface area contributed by atoms with Gasteiger partial charge in [-0.3, -0.25) is 9.59 Å². The van der Waals surface area contributed by atoms with Gasteiger partial charge in [0.25, 0.3) is 11.8 Å². The minimum absolute atomic E-state index is 0.247. The number of benzene rings is 2. The van der Waals surface area contributed by atoms with E-state index in [1.807, 2.05) is 66.8 Å². The average molecular weight is 430 g/mol. The van der Waals surface area contributed by atoms with E-state index < -0.39 is 0 Å². The van der Waals surface area contributed by atoms with Crippen molar-refractivity contribution in [2.24, 2.45) is 0 Å². The number of anilines is 2. The van der Waals surface area contributed by atoms with Crippen molar-refractivity contribution < 1.29 is 9.59 Å². The second-order valence-electron chi connectivity index (χ2n) is 8.00. The Hall–Kier alpha value is -3.38. The number of fused-ring (bicyclic) bond motifs is 1. The highest BCUT2D eigenvalue weighted by Crippen LogP contribution is 2.38. The largest absolute Gasteiger partial charge is 0.378 e. The average Bonchev–Trinajstić information content (AvgIpc) is 3.39. The Kier molecular flexibility index (Phi) is 4.87. The van der Waals surface area contributed by atoms with Gasteiger partial charge in [-0.25, -0.2) is 4.90 Å². The van der Waals surface area contributed by atoms with Crippen LogP contribution in [-0.4, -0.2) is 37.4 Å². The van der Waals surface area contributed by atoms with Gasteiger partial charge in [0.1, 0.15) is 5.70 Å². The van der Waals surface area contributed by atoms with E-state index in [4.69, 9.17) is 0 Å². The van der Waals surface area contributed by atoms with Crippen LogP contribution < -0.4 is 9.80 Å². The van der Waals surface area contributed by atoms with Gasteiger partial charge in [-0.05, 0) is 47.2 Å². The van der Waals surface area contributed by atoms with E-state index in [-0.39, 0.29) is 11.8 Å². The lowest BCUT2D eigenvalue weighted by Gasteiger charge is -2.31. The smallest absolute Gasteiger partial charge is 0.282 e. The molecule has 0 bridgehead atoms. The molecule has 31 heavy (non-hydrogen) atoms. The first-order valence-corrected chi connectivity index (χ1v) is 11.2. The second-order valence-corrected chi connectivity index (χ2v) is 8.95. The summed E-state index contributed by atoms with van der Waals surface area (Å²) in [6.07, 6.45) is 0.856. The van der Waals surface area contributed by atoms with Crippen molar-refractivity contribution in [1.82, 2.24) is 4.90 Å². The fourth-order valence-electron chi connectivity index (χ4n) is 4.29. The zero-order valence-corrected chi connectivity index (χ0v) is 18.4. The summed E-state index contributed by atoms with van der Waals surface area (Å²) in [5.74, 6) is -0.499. The zero-order valence-electron chi connectivity index (χ0n) is 17.5. The monoisotopic (exact) mass is 429 g/mol. The number of hydrogen-bond acceptors (Lipinski definition) is 5. The molecule has 3 aromatic rings. The Balaban J connectivity index is 1.59. The van der Waals surface area contributed by atoms with Gasteiger partial charge in [-0.2, -0.15) is 0 Å². The van der Waals surface area contributed by atoms with Gasteiger partial charge in [-0.15, -0.1) is 11.3 Å². The molecular weight excluding hydrogens is 406 g/mol. The van der Waals surface area contributed by atoms with Crippen molar-refractivity contribution in [3.05, 3.63) is 87.7 Å². The first kappa shape index (κ1) is 19.6. The van der Waals surface area contributed by atoms with Crippen LogP contribution in [0.4, 0.5) is 11.4 Å². The lowest BCUT2D eigenvalue weighted by atomic mass is 9.99. The van der Waals surface area contributed by atoms with Crippen LogP contribution in [0.2, 0.25) is 0 Å². The fourth-order valence-corrected chi connectivity index (χ4v) is 5.05. The van der Waals surface area contributed by atoms with Crippen molar-refractivity contribution in [2.75, 3.05) is 30.4 Å². The van der Waals surface area contributed by atoms with E-state index in [0.717, 1.165) is 17.0 Å². The van der Waals surface area contributed by atoms with E-state index in [9.17, 15) is 9.59 Å². The van der Waals surface area contributed by atoms with Crippen LogP contribution in [0.1, 0.15) is 16.0 Å². The molecule has 3 heterocycles. The summed E-state index contributed by atoms with van der Waals surface area (Å²) in [4.78, 5) is 33.5. The highest BCUT2D eigenvalue weighted by Gasteiger charge is 2.43. The van der Waals surface area contributed by atoms with Crippen LogP contribution >= 0.6 is 11.3 Å². The molecule has 1 aromatic heterocycles. The number of carbonyl (C=O) groups excluding carboxylic acids is 2. The van der Waals surface area contributed by atoms with Crippen molar-refractivity contribution in [3.8, 4) is 0 Å². The van der Waals surface area contributed by atoms with Crippen LogP contribution in [0, 0.1) is 0 Å². The SMILES string of the molecule is CN(C)c1cccc(N2C(=O)C(c3cccs3)=C(N3CCc4ccccc4C3)C2=O)c1. The summed E-state index contributed by atoms with van der Waals surface area (Å²) in [6.45, 7) is 1.34. The molecule has 156 valence electrons. The Labute approximate surface area is 185 Å². The van der Waals surface area contributed by atoms with Crippen molar-refractivity contribution >= 4 is 40.1 Å². The third-order valence-electron chi connectivity index (χ3n) is 5.88. The number of amides is 2. The number of nitrogens with zero attached hydrogens (tertiary/aromatic N) is 3. The van der Waals surface area contributed by atoms with E-state index >= 15 is 0 Å². The molecule has 2 amide bonds. The maximum atomic E-state index is 13.7. The molecule has 6 heteroatoms. The summed E-state index contributed by atoms with van der Waals surface area (Å²) in [5, 5.41) is 1.94. The first-order valence-electron chi connectivity index (χ1n) is 10.3. The number of hydrogen-bond donors (Lipinski definition) is 0. The Morgan fingerprint density at radius 2 is 1.71 bits per heavy atom. The van der Waals surface area contributed by atoms with Crippen molar-refractivity contribution in [1.29, 1.82) is 0 Å². The third kappa shape index (κ3) is 3.33. The molecule has 2 aliphatic heterocycles. The molecule has 0 aliphatic carbocycles. The quantitative estimate of drug-likeness (QED) is 0.585.